The first-order valence-corrected chi connectivity index (χ1v) is 8.23. The van der Waals surface area contributed by atoms with Gasteiger partial charge in [0, 0.05) is 6.92 Å². The quantitative estimate of drug-likeness (QED) is 0.724. The Kier molecular flexibility index (Phi) is 5.92. The molecule has 0 bridgehead atoms. The van der Waals surface area contributed by atoms with Crippen LogP contribution in [0, 0.1) is 5.92 Å². The van der Waals surface area contributed by atoms with E-state index in [-0.39, 0.29) is 21.5 Å². The molecule has 1 atom stereocenters. The second-order valence-electron chi connectivity index (χ2n) is 5.00. The number of hydrogen-bond donors (Lipinski definition) is 3. The van der Waals surface area contributed by atoms with E-state index < -0.39 is 28.0 Å². The number of aliphatic carboxylic acids is 1. The van der Waals surface area contributed by atoms with Crippen molar-refractivity contribution in [1.29, 1.82) is 0 Å². The highest BCUT2D eigenvalue weighted by atomic mass is 35.5. The highest BCUT2D eigenvalue weighted by Gasteiger charge is 2.28. The number of hydrogen-bond acceptors (Lipinski definition) is 4. The summed E-state index contributed by atoms with van der Waals surface area (Å²) in [5.41, 5.74) is 0.270. The van der Waals surface area contributed by atoms with E-state index in [1.54, 1.807) is 13.8 Å². The third kappa shape index (κ3) is 4.69. The van der Waals surface area contributed by atoms with Crippen LogP contribution in [0.25, 0.3) is 0 Å². The summed E-state index contributed by atoms with van der Waals surface area (Å²) >= 11 is 5.92. The molecule has 0 heterocycles. The molecule has 1 rings (SSSR count). The van der Waals surface area contributed by atoms with Gasteiger partial charge in [-0.05, 0) is 24.1 Å². The molecule has 0 saturated heterocycles. The highest BCUT2D eigenvalue weighted by Crippen LogP contribution is 2.25. The van der Waals surface area contributed by atoms with Gasteiger partial charge in [0.25, 0.3) is 0 Å². The molecule has 1 aromatic rings. The number of carboxylic acids is 1. The summed E-state index contributed by atoms with van der Waals surface area (Å²) in [6, 6.07) is 2.47. The highest BCUT2D eigenvalue weighted by molar-refractivity contribution is 7.89. The van der Waals surface area contributed by atoms with Gasteiger partial charge < -0.3 is 10.4 Å². The molecular weight excluding hydrogens is 332 g/mol. The summed E-state index contributed by atoms with van der Waals surface area (Å²) in [6.07, 6.45) is 0. The molecule has 0 saturated carbocycles. The van der Waals surface area contributed by atoms with Crippen LogP contribution in [0.15, 0.2) is 23.1 Å². The third-order valence-corrected chi connectivity index (χ3v) is 4.53. The van der Waals surface area contributed by atoms with Gasteiger partial charge >= 0.3 is 5.97 Å². The molecule has 0 aliphatic heterocycles. The van der Waals surface area contributed by atoms with Crippen LogP contribution in [0.3, 0.4) is 0 Å². The summed E-state index contributed by atoms with van der Waals surface area (Å²) in [5.74, 6) is -2.04. The van der Waals surface area contributed by atoms with Crippen LogP contribution in [0.4, 0.5) is 5.69 Å². The molecular formula is C13H17ClN2O5S. The fourth-order valence-corrected chi connectivity index (χ4v) is 3.32. The molecule has 9 heteroatoms. The molecule has 7 nitrogen and oxygen atoms in total. The van der Waals surface area contributed by atoms with E-state index in [4.69, 9.17) is 16.7 Å². The molecule has 0 aliphatic carbocycles. The summed E-state index contributed by atoms with van der Waals surface area (Å²) < 4.78 is 26.6. The van der Waals surface area contributed by atoms with E-state index in [2.05, 4.69) is 10.0 Å². The second kappa shape index (κ2) is 7.08. The minimum Gasteiger partial charge on any atom is -0.480 e. The lowest BCUT2D eigenvalue weighted by Crippen LogP contribution is -2.44. The van der Waals surface area contributed by atoms with Crippen LogP contribution < -0.4 is 10.0 Å². The predicted octanol–water partition coefficient (Wildman–Crippen LogP) is 1.69. The average Bonchev–Trinajstić information content (AvgIpc) is 2.37. The van der Waals surface area contributed by atoms with Crippen LogP contribution in [-0.4, -0.2) is 31.4 Å². The molecule has 122 valence electrons. The summed E-state index contributed by atoms with van der Waals surface area (Å²) in [4.78, 5) is 21.9. The van der Waals surface area contributed by atoms with Crippen molar-refractivity contribution in [3.63, 3.8) is 0 Å². The van der Waals surface area contributed by atoms with Gasteiger partial charge in [0.05, 0.1) is 15.6 Å². The predicted molar refractivity (Wildman–Crippen MR) is 82.3 cm³/mol. The van der Waals surface area contributed by atoms with Crippen molar-refractivity contribution in [2.24, 2.45) is 5.92 Å². The van der Waals surface area contributed by atoms with Gasteiger partial charge in [-0.1, -0.05) is 25.4 Å². The maximum Gasteiger partial charge on any atom is 0.322 e. The Bertz CT molecular complexity index is 688. The first-order valence-electron chi connectivity index (χ1n) is 6.37. The van der Waals surface area contributed by atoms with E-state index in [9.17, 15) is 18.0 Å². The summed E-state index contributed by atoms with van der Waals surface area (Å²) in [5, 5.41) is 11.5. The molecule has 1 unspecified atom stereocenters. The Balaban J connectivity index is 3.10. The third-order valence-electron chi connectivity index (χ3n) is 2.78. The van der Waals surface area contributed by atoms with Crippen LogP contribution in [0.2, 0.25) is 5.02 Å². The number of rotatable bonds is 6. The van der Waals surface area contributed by atoms with Crippen molar-refractivity contribution < 1.29 is 23.1 Å². The molecule has 0 aromatic heterocycles. The normalized spacial score (nSPS) is 13.0. The molecule has 0 radical (unpaired) electrons. The fraction of sp³-hybridized carbons (Fsp3) is 0.385. The SMILES string of the molecule is CC(=O)Nc1ccc(S(=O)(=O)NC(C(=O)O)C(C)C)cc1Cl. The van der Waals surface area contributed by atoms with Crippen molar-refractivity contribution in [1.82, 2.24) is 4.72 Å². The molecule has 22 heavy (non-hydrogen) atoms. The first-order chi connectivity index (χ1) is 10.0. The number of sulfonamides is 1. The van der Waals surface area contributed by atoms with Crippen LogP contribution in [0.1, 0.15) is 20.8 Å². The van der Waals surface area contributed by atoms with Gasteiger partial charge in [-0.2, -0.15) is 4.72 Å². The zero-order chi connectivity index (χ0) is 17.1. The van der Waals surface area contributed by atoms with Crippen molar-refractivity contribution in [3.8, 4) is 0 Å². The minimum atomic E-state index is -4.05. The summed E-state index contributed by atoms with van der Waals surface area (Å²) in [7, 11) is -4.05. The van der Waals surface area contributed by atoms with Crippen molar-refractivity contribution in [2.45, 2.75) is 31.7 Å². The number of carboxylic acid groups (broad SMARTS) is 1. The first kappa shape index (κ1) is 18.4. The van der Waals surface area contributed by atoms with Crippen LogP contribution >= 0.6 is 11.6 Å². The summed E-state index contributed by atoms with van der Waals surface area (Å²) in [6.45, 7) is 4.48. The van der Waals surface area contributed by atoms with Gasteiger partial charge in [-0.15, -0.1) is 0 Å². The Hall–Kier alpha value is -1.64. The number of amides is 1. The topological polar surface area (TPSA) is 113 Å². The molecule has 1 aromatic carbocycles. The minimum absolute atomic E-state index is 0.0366. The molecule has 0 fully saturated rings. The molecule has 0 aliphatic rings. The van der Waals surface area contributed by atoms with Gasteiger partial charge in [0.15, 0.2) is 0 Å². The Morgan fingerprint density at radius 2 is 1.86 bits per heavy atom. The zero-order valence-electron chi connectivity index (χ0n) is 12.3. The smallest absolute Gasteiger partial charge is 0.322 e. The maximum atomic E-state index is 12.2. The lowest BCUT2D eigenvalue weighted by molar-refractivity contribution is -0.140. The molecule has 3 N–H and O–H groups in total. The van der Waals surface area contributed by atoms with Gasteiger partial charge in [0.2, 0.25) is 15.9 Å². The largest absolute Gasteiger partial charge is 0.480 e. The number of benzene rings is 1. The standard InChI is InChI=1S/C13H17ClN2O5S/c1-7(2)12(13(18)19)16-22(20,21)9-4-5-11(10(14)6-9)15-8(3)17/h4-7,12,16H,1-3H3,(H,15,17)(H,18,19). The van der Waals surface area contributed by atoms with E-state index in [1.807, 2.05) is 0 Å². The zero-order valence-corrected chi connectivity index (χ0v) is 13.8. The Morgan fingerprint density at radius 1 is 1.27 bits per heavy atom. The van der Waals surface area contributed by atoms with Crippen molar-refractivity contribution >= 4 is 39.2 Å². The number of halogens is 1. The number of anilines is 1. The monoisotopic (exact) mass is 348 g/mol. The van der Waals surface area contributed by atoms with Gasteiger partial charge in [0.1, 0.15) is 6.04 Å². The fourth-order valence-electron chi connectivity index (χ4n) is 1.66. The second-order valence-corrected chi connectivity index (χ2v) is 7.13. The van der Waals surface area contributed by atoms with Crippen molar-refractivity contribution in [3.05, 3.63) is 23.2 Å². The molecule has 0 spiro atoms. The maximum absolute atomic E-state index is 12.2. The van der Waals surface area contributed by atoms with Crippen molar-refractivity contribution in [2.75, 3.05) is 5.32 Å². The van der Waals surface area contributed by atoms with Crippen LogP contribution in [0.5, 0.6) is 0 Å². The Labute approximate surface area is 133 Å². The molecule has 1 amide bonds. The van der Waals surface area contributed by atoms with Crippen LogP contribution in [-0.2, 0) is 19.6 Å². The lowest BCUT2D eigenvalue weighted by atomic mass is 10.1. The average molecular weight is 349 g/mol. The Morgan fingerprint density at radius 3 is 2.27 bits per heavy atom. The van der Waals surface area contributed by atoms with E-state index in [0.717, 1.165) is 6.07 Å². The van der Waals surface area contributed by atoms with E-state index >= 15 is 0 Å². The van der Waals surface area contributed by atoms with Gasteiger partial charge in [-0.3, -0.25) is 9.59 Å². The number of carbonyl (C=O) groups excluding carboxylic acids is 1. The van der Waals surface area contributed by atoms with E-state index in [0.29, 0.717) is 0 Å². The van der Waals surface area contributed by atoms with Gasteiger partial charge in [-0.25, -0.2) is 8.42 Å². The number of carbonyl (C=O) groups is 2. The lowest BCUT2D eigenvalue weighted by Gasteiger charge is -2.18. The number of nitrogens with one attached hydrogen (secondary N) is 2. The van der Waals surface area contributed by atoms with E-state index in [1.165, 1.54) is 19.1 Å².